The fourth-order valence-electron chi connectivity index (χ4n) is 3.15. The van der Waals surface area contributed by atoms with E-state index in [0.29, 0.717) is 6.04 Å². The summed E-state index contributed by atoms with van der Waals surface area (Å²) in [6, 6.07) is 11.2. The van der Waals surface area contributed by atoms with Crippen LogP contribution in [0.2, 0.25) is 0 Å². The van der Waals surface area contributed by atoms with Gasteiger partial charge in [0.15, 0.2) is 0 Å². The Hall–Kier alpha value is -1.41. The van der Waals surface area contributed by atoms with E-state index >= 15 is 0 Å². The van der Waals surface area contributed by atoms with E-state index in [1.807, 2.05) is 6.20 Å². The predicted octanol–water partition coefficient (Wildman–Crippen LogP) is 4.19. The molecule has 0 spiro atoms. The number of benzene rings is 1. The SMILES string of the molecule is CCNC(C)CC(C)(C)Cc1ccnc2ccccc12. The van der Waals surface area contributed by atoms with Gasteiger partial charge in [-0.1, -0.05) is 39.0 Å². The fourth-order valence-corrected chi connectivity index (χ4v) is 3.15. The van der Waals surface area contributed by atoms with Gasteiger partial charge in [0.1, 0.15) is 0 Å². The zero-order valence-electron chi connectivity index (χ0n) is 13.1. The summed E-state index contributed by atoms with van der Waals surface area (Å²) in [5, 5.41) is 4.80. The van der Waals surface area contributed by atoms with Crippen molar-refractivity contribution in [2.24, 2.45) is 5.41 Å². The minimum Gasteiger partial charge on any atom is -0.315 e. The van der Waals surface area contributed by atoms with E-state index in [9.17, 15) is 0 Å². The largest absolute Gasteiger partial charge is 0.315 e. The highest BCUT2D eigenvalue weighted by Gasteiger charge is 2.22. The van der Waals surface area contributed by atoms with Crippen molar-refractivity contribution >= 4 is 10.9 Å². The summed E-state index contributed by atoms with van der Waals surface area (Å²) in [4.78, 5) is 4.45. The Morgan fingerprint density at radius 1 is 1.20 bits per heavy atom. The molecule has 1 aromatic carbocycles. The van der Waals surface area contributed by atoms with Crippen molar-refractivity contribution in [1.82, 2.24) is 10.3 Å². The monoisotopic (exact) mass is 270 g/mol. The lowest BCUT2D eigenvalue weighted by atomic mass is 9.80. The van der Waals surface area contributed by atoms with E-state index in [4.69, 9.17) is 0 Å². The molecule has 0 aliphatic heterocycles. The normalized spacial score (nSPS) is 13.6. The van der Waals surface area contributed by atoms with Gasteiger partial charge in [-0.3, -0.25) is 4.98 Å². The van der Waals surface area contributed by atoms with Crippen LogP contribution in [0.4, 0.5) is 0 Å². The molecule has 1 heterocycles. The molecule has 1 aromatic heterocycles. The van der Waals surface area contributed by atoms with Gasteiger partial charge in [-0.2, -0.15) is 0 Å². The third-order valence-electron chi connectivity index (χ3n) is 3.82. The molecule has 0 radical (unpaired) electrons. The number of rotatable bonds is 6. The minimum absolute atomic E-state index is 0.283. The molecule has 108 valence electrons. The van der Waals surface area contributed by atoms with Crippen molar-refractivity contribution in [2.75, 3.05) is 6.54 Å². The molecule has 2 heteroatoms. The molecular weight excluding hydrogens is 244 g/mol. The maximum Gasteiger partial charge on any atom is 0.0704 e. The van der Waals surface area contributed by atoms with Gasteiger partial charge in [0.2, 0.25) is 0 Å². The van der Waals surface area contributed by atoms with Gasteiger partial charge in [0.25, 0.3) is 0 Å². The molecule has 0 bridgehead atoms. The van der Waals surface area contributed by atoms with Gasteiger partial charge in [0.05, 0.1) is 5.52 Å². The van der Waals surface area contributed by atoms with E-state index in [2.05, 4.69) is 68.3 Å². The molecule has 0 aliphatic carbocycles. The second-order valence-corrected chi connectivity index (χ2v) is 6.49. The molecule has 2 nitrogen and oxygen atoms in total. The summed E-state index contributed by atoms with van der Waals surface area (Å²) in [6.07, 6.45) is 4.20. The smallest absolute Gasteiger partial charge is 0.0704 e. The Morgan fingerprint density at radius 3 is 2.70 bits per heavy atom. The van der Waals surface area contributed by atoms with Crippen LogP contribution in [0, 0.1) is 5.41 Å². The second kappa shape index (κ2) is 6.36. The first kappa shape index (κ1) is 15.0. The highest BCUT2D eigenvalue weighted by molar-refractivity contribution is 5.81. The van der Waals surface area contributed by atoms with Crippen LogP contribution in [0.1, 0.15) is 39.7 Å². The van der Waals surface area contributed by atoms with Crippen LogP contribution in [0.5, 0.6) is 0 Å². The van der Waals surface area contributed by atoms with E-state index in [1.54, 1.807) is 0 Å². The van der Waals surface area contributed by atoms with Crippen LogP contribution in [0.25, 0.3) is 10.9 Å². The molecule has 1 atom stereocenters. The second-order valence-electron chi connectivity index (χ2n) is 6.49. The van der Waals surface area contributed by atoms with Crippen molar-refractivity contribution in [2.45, 2.75) is 46.6 Å². The highest BCUT2D eigenvalue weighted by atomic mass is 14.9. The number of hydrogen-bond donors (Lipinski definition) is 1. The topological polar surface area (TPSA) is 24.9 Å². The fraction of sp³-hybridized carbons (Fsp3) is 0.500. The van der Waals surface area contributed by atoms with Gasteiger partial charge < -0.3 is 5.32 Å². The summed E-state index contributed by atoms with van der Waals surface area (Å²) >= 11 is 0. The molecule has 1 N–H and O–H groups in total. The zero-order valence-corrected chi connectivity index (χ0v) is 13.1. The maximum absolute atomic E-state index is 4.45. The molecule has 1 unspecified atom stereocenters. The molecule has 0 saturated carbocycles. The predicted molar refractivity (Wildman–Crippen MR) is 87.0 cm³/mol. The van der Waals surface area contributed by atoms with Crippen molar-refractivity contribution in [1.29, 1.82) is 0 Å². The van der Waals surface area contributed by atoms with Crippen molar-refractivity contribution in [3.05, 3.63) is 42.1 Å². The van der Waals surface area contributed by atoms with Crippen LogP contribution in [-0.2, 0) is 6.42 Å². The van der Waals surface area contributed by atoms with Gasteiger partial charge >= 0.3 is 0 Å². The van der Waals surface area contributed by atoms with Crippen LogP contribution >= 0.6 is 0 Å². The molecule has 0 saturated heterocycles. The first-order chi connectivity index (χ1) is 9.52. The highest BCUT2D eigenvalue weighted by Crippen LogP contribution is 2.30. The van der Waals surface area contributed by atoms with Crippen molar-refractivity contribution in [3.63, 3.8) is 0 Å². The van der Waals surface area contributed by atoms with Gasteiger partial charge in [-0.25, -0.2) is 0 Å². The van der Waals surface area contributed by atoms with E-state index < -0.39 is 0 Å². The van der Waals surface area contributed by atoms with E-state index in [0.717, 1.165) is 18.5 Å². The van der Waals surface area contributed by atoms with Crippen molar-refractivity contribution < 1.29 is 0 Å². The quantitative estimate of drug-likeness (QED) is 0.851. The molecule has 2 rings (SSSR count). The van der Waals surface area contributed by atoms with Crippen LogP contribution in [0.3, 0.4) is 0 Å². The molecule has 0 fully saturated rings. The minimum atomic E-state index is 0.283. The number of para-hydroxylation sites is 1. The Morgan fingerprint density at radius 2 is 1.95 bits per heavy atom. The number of fused-ring (bicyclic) bond motifs is 1. The zero-order chi connectivity index (χ0) is 14.6. The van der Waals surface area contributed by atoms with Crippen LogP contribution < -0.4 is 5.32 Å². The summed E-state index contributed by atoms with van der Waals surface area (Å²) in [6.45, 7) is 10.2. The average Bonchev–Trinajstić information content (AvgIpc) is 2.38. The van der Waals surface area contributed by atoms with Crippen LogP contribution in [-0.4, -0.2) is 17.6 Å². The number of nitrogens with one attached hydrogen (secondary N) is 1. The lowest BCUT2D eigenvalue weighted by Crippen LogP contribution is -2.32. The molecule has 20 heavy (non-hydrogen) atoms. The Bertz CT molecular complexity index is 555. The lowest BCUT2D eigenvalue weighted by molar-refractivity contribution is 0.289. The molecule has 0 amide bonds. The van der Waals surface area contributed by atoms with E-state index in [1.165, 1.54) is 17.4 Å². The van der Waals surface area contributed by atoms with Gasteiger partial charge in [0, 0.05) is 17.6 Å². The summed E-state index contributed by atoms with van der Waals surface area (Å²) in [7, 11) is 0. The number of nitrogens with zero attached hydrogens (tertiary/aromatic N) is 1. The number of hydrogen-bond acceptors (Lipinski definition) is 2. The summed E-state index contributed by atoms with van der Waals surface area (Å²) in [5.74, 6) is 0. The van der Waals surface area contributed by atoms with Gasteiger partial charge in [-0.15, -0.1) is 0 Å². The number of aromatic nitrogens is 1. The Labute approximate surface area is 122 Å². The molecule has 2 aromatic rings. The molecule has 0 aliphatic rings. The summed E-state index contributed by atoms with van der Waals surface area (Å²) < 4.78 is 0. The Balaban J connectivity index is 2.18. The van der Waals surface area contributed by atoms with Gasteiger partial charge in [-0.05, 0) is 49.4 Å². The molecular formula is C18H26N2. The standard InChI is InChI=1S/C18H26N2/c1-5-19-14(2)12-18(3,4)13-15-10-11-20-17-9-7-6-8-16(15)17/h6-11,14,19H,5,12-13H2,1-4H3. The average molecular weight is 270 g/mol. The van der Waals surface area contributed by atoms with Crippen molar-refractivity contribution in [3.8, 4) is 0 Å². The van der Waals surface area contributed by atoms with E-state index in [-0.39, 0.29) is 5.41 Å². The maximum atomic E-state index is 4.45. The number of pyridine rings is 1. The first-order valence-corrected chi connectivity index (χ1v) is 7.58. The Kier molecular flexibility index (Phi) is 4.77. The third-order valence-corrected chi connectivity index (χ3v) is 3.82. The first-order valence-electron chi connectivity index (χ1n) is 7.58. The summed E-state index contributed by atoms with van der Waals surface area (Å²) in [5.41, 5.74) is 2.79. The van der Waals surface area contributed by atoms with Crippen LogP contribution in [0.15, 0.2) is 36.5 Å². The lowest BCUT2D eigenvalue weighted by Gasteiger charge is -2.29. The third kappa shape index (κ3) is 3.80.